The van der Waals surface area contributed by atoms with Crippen LogP contribution < -0.4 is 15.9 Å². The molecule has 0 saturated carbocycles. The molecule has 41 heavy (non-hydrogen) atoms. The summed E-state index contributed by atoms with van der Waals surface area (Å²) in [7, 11) is 0. The Morgan fingerprint density at radius 1 is 0.829 bits per heavy atom. The fourth-order valence-corrected chi connectivity index (χ4v) is 5.23. The van der Waals surface area contributed by atoms with E-state index < -0.39 is 22.8 Å². The number of aromatic amines is 1. The first-order valence-corrected chi connectivity index (χ1v) is 13.1. The first kappa shape index (κ1) is 24.7. The minimum absolute atomic E-state index is 0.0471. The zero-order chi connectivity index (χ0) is 28.5. The summed E-state index contributed by atoms with van der Waals surface area (Å²) in [5.74, 6) is 0.517. The first-order valence-electron chi connectivity index (χ1n) is 13.1. The van der Waals surface area contributed by atoms with E-state index in [1.54, 1.807) is 63.2 Å². The van der Waals surface area contributed by atoms with Gasteiger partial charge in [-0.05, 0) is 56.7 Å². The Hall–Kier alpha value is -5.31. The molecular weight excluding hydrogens is 524 g/mol. The number of nitrogens with one attached hydrogen (secondary N) is 1. The van der Waals surface area contributed by atoms with Gasteiger partial charge in [-0.3, -0.25) is 14.6 Å². The minimum Gasteiger partial charge on any atom is -0.489 e. The van der Waals surface area contributed by atoms with Gasteiger partial charge in [-0.1, -0.05) is 42.5 Å². The molecule has 0 saturated heterocycles. The Kier molecular flexibility index (Phi) is 5.34. The first-order chi connectivity index (χ1) is 19.7. The predicted octanol–water partition coefficient (Wildman–Crippen LogP) is 6.85. The third-order valence-corrected chi connectivity index (χ3v) is 6.87. The average molecular weight is 549 g/mol. The summed E-state index contributed by atoms with van der Waals surface area (Å²) in [6, 6.07) is 21.9. The molecule has 0 aliphatic carbocycles. The minimum atomic E-state index is -0.813. The molecule has 3 aromatic heterocycles. The highest BCUT2D eigenvalue weighted by atomic mass is 16.6. The van der Waals surface area contributed by atoms with Gasteiger partial charge in [0.2, 0.25) is 0 Å². The van der Waals surface area contributed by atoms with Crippen LogP contribution in [0.15, 0.2) is 91.2 Å². The smallest absolute Gasteiger partial charge is 0.419 e. The van der Waals surface area contributed by atoms with E-state index in [2.05, 4.69) is 4.98 Å². The number of benzene rings is 4. The fourth-order valence-electron chi connectivity index (χ4n) is 5.23. The highest BCUT2D eigenvalue weighted by molar-refractivity contribution is 6.31. The van der Waals surface area contributed by atoms with Gasteiger partial charge in [-0.2, -0.15) is 0 Å². The molecular formula is C32H24N2O7. The number of ether oxygens (including phenoxy) is 2. The Bertz CT molecular complexity index is 2280. The molecule has 3 heterocycles. The van der Waals surface area contributed by atoms with Crippen LogP contribution in [0.4, 0.5) is 4.79 Å². The summed E-state index contributed by atoms with van der Waals surface area (Å²) in [5, 5.41) is 1.02. The lowest BCUT2D eigenvalue weighted by Crippen LogP contribution is -2.27. The summed E-state index contributed by atoms with van der Waals surface area (Å²) in [5.41, 5.74) is 0.636. The summed E-state index contributed by atoms with van der Waals surface area (Å²) in [6.45, 7) is 5.62. The van der Waals surface area contributed by atoms with Crippen molar-refractivity contribution in [2.45, 2.75) is 33.0 Å². The van der Waals surface area contributed by atoms with Crippen molar-refractivity contribution in [3.63, 3.8) is 0 Å². The number of H-pyrrole nitrogens is 1. The molecule has 1 N–H and O–H groups in total. The van der Waals surface area contributed by atoms with Crippen molar-refractivity contribution in [3.8, 4) is 5.75 Å². The topological polar surface area (TPSA) is 117 Å². The van der Waals surface area contributed by atoms with Gasteiger partial charge in [0.1, 0.15) is 23.5 Å². The summed E-state index contributed by atoms with van der Waals surface area (Å²) in [6.07, 6.45) is -0.676. The van der Waals surface area contributed by atoms with Crippen LogP contribution in [-0.4, -0.2) is 21.2 Å². The Morgan fingerprint density at radius 2 is 1.49 bits per heavy atom. The lowest BCUT2D eigenvalue weighted by molar-refractivity contribution is 0.0551. The third kappa shape index (κ3) is 3.97. The summed E-state index contributed by atoms with van der Waals surface area (Å²) in [4.78, 5) is 42.5. The highest BCUT2D eigenvalue weighted by Gasteiger charge is 2.30. The van der Waals surface area contributed by atoms with E-state index in [1.165, 1.54) is 4.57 Å². The molecule has 0 amide bonds. The Balaban J connectivity index is 1.62. The molecule has 0 bridgehead atoms. The molecule has 0 aliphatic heterocycles. The second-order valence-electron chi connectivity index (χ2n) is 10.8. The molecule has 9 nitrogen and oxygen atoms in total. The lowest BCUT2D eigenvalue weighted by Gasteiger charge is -2.20. The molecule has 0 fully saturated rings. The van der Waals surface area contributed by atoms with Gasteiger partial charge in [-0.15, -0.1) is 0 Å². The van der Waals surface area contributed by atoms with Crippen molar-refractivity contribution in [2.75, 3.05) is 0 Å². The van der Waals surface area contributed by atoms with Crippen molar-refractivity contribution >= 4 is 61.0 Å². The molecule has 0 unspecified atom stereocenters. The fraction of sp³-hybridized carbons (Fsp3) is 0.156. The van der Waals surface area contributed by atoms with E-state index in [0.717, 1.165) is 5.56 Å². The van der Waals surface area contributed by atoms with Crippen LogP contribution in [-0.2, 0) is 11.3 Å². The molecule has 0 radical (unpaired) electrons. The average Bonchev–Trinajstić information content (AvgIpc) is 3.44. The van der Waals surface area contributed by atoms with Crippen LogP contribution in [0.2, 0.25) is 0 Å². The van der Waals surface area contributed by atoms with Gasteiger partial charge in [0.05, 0.1) is 16.3 Å². The van der Waals surface area contributed by atoms with Crippen molar-refractivity contribution in [1.29, 1.82) is 0 Å². The SMILES string of the molecule is CC(C)(C)OC(=O)n1c2ccc(OCc3ccccc3)cc2c2c3c(=O)[nH]c(=O)c3c3oc4ccccc4oc3c21. The van der Waals surface area contributed by atoms with Crippen LogP contribution in [0.1, 0.15) is 26.3 Å². The van der Waals surface area contributed by atoms with Crippen LogP contribution in [0.5, 0.6) is 5.75 Å². The van der Waals surface area contributed by atoms with Crippen LogP contribution in [0.3, 0.4) is 0 Å². The second-order valence-corrected chi connectivity index (χ2v) is 10.8. The Labute approximate surface area is 231 Å². The number of fused-ring (bicyclic) bond motifs is 9. The van der Waals surface area contributed by atoms with Crippen molar-refractivity contribution < 1.29 is 23.1 Å². The third-order valence-electron chi connectivity index (χ3n) is 6.87. The van der Waals surface area contributed by atoms with E-state index in [1.807, 2.05) is 30.3 Å². The maximum Gasteiger partial charge on any atom is 0.419 e. The van der Waals surface area contributed by atoms with E-state index in [9.17, 15) is 14.4 Å². The zero-order valence-corrected chi connectivity index (χ0v) is 22.4. The normalized spacial score (nSPS) is 12.2. The van der Waals surface area contributed by atoms with E-state index >= 15 is 0 Å². The van der Waals surface area contributed by atoms with Gasteiger partial charge in [0, 0.05) is 10.8 Å². The number of aromatic nitrogens is 2. The van der Waals surface area contributed by atoms with Crippen LogP contribution in [0.25, 0.3) is 54.9 Å². The molecule has 0 atom stereocenters. The molecule has 204 valence electrons. The molecule has 0 aliphatic rings. The number of nitrogens with zero attached hydrogens (tertiary/aromatic N) is 1. The molecule has 7 rings (SSSR count). The van der Waals surface area contributed by atoms with Gasteiger partial charge in [0.15, 0.2) is 22.3 Å². The van der Waals surface area contributed by atoms with E-state index in [4.69, 9.17) is 18.3 Å². The second kappa shape index (κ2) is 8.85. The van der Waals surface area contributed by atoms with Crippen molar-refractivity contribution in [1.82, 2.24) is 9.55 Å². The number of carbonyl (C=O) groups excluding carboxylic acids is 1. The maximum absolute atomic E-state index is 13.8. The quantitative estimate of drug-likeness (QED) is 0.240. The lowest BCUT2D eigenvalue weighted by atomic mass is 10.1. The summed E-state index contributed by atoms with van der Waals surface area (Å²) >= 11 is 0. The molecule has 9 heteroatoms. The van der Waals surface area contributed by atoms with Gasteiger partial charge < -0.3 is 18.3 Å². The van der Waals surface area contributed by atoms with Crippen molar-refractivity contribution in [3.05, 3.63) is 99.1 Å². The van der Waals surface area contributed by atoms with Gasteiger partial charge in [-0.25, -0.2) is 9.36 Å². The highest BCUT2D eigenvalue weighted by Crippen LogP contribution is 2.41. The van der Waals surface area contributed by atoms with Gasteiger partial charge >= 0.3 is 6.09 Å². The number of rotatable bonds is 3. The van der Waals surface area contributed by atoms with Crippen LogP contribution >= 0.6 is 0 Å². The summed E-state index contributed by atoms with van der Waals surface area (Å²) < 4.78 is 25.7. The predicted molar refractivity (Wildman–Crippen MR) is 156 cm³/mol. The van der Waals surface area contributed by atoms with E-state index in [-0.39, 0.29) is 27.5 Å². The monoisotopic (exact) mass is 548 g/mol. The number of hydrogen-bond donors (Lipinski definition) is 1. The largest absolute Gasteiger partial charge is 0.489 e. The standard InChI is InChI=1S/C32H24N2O7/c1-32(2,3)41-31(37)34-20-14-13-18(38-16-17-9-5-4-6-10-17)15-19(20)23-24-25(30(36)33-29(24)35)27-28(26(23)34)40-22-12-8-7-11-21(22)39-27/h4-15H,16H2,1-3H3,(H,33,35,36). The number of para-hydroxylation sites is 2. The molecule has 4 aromatic carbocycles. The Morgan fingerprint density at radius 3 is 2.20 bits per heavy atom. The van der Waals surface area contributed by atoms with Crippen molar-refractivity contribution in [2.24, 2.45) is 0 Å². The zero-order valence-electron chi connectivity index (χ0n) is 22.4. The van der Waals surface area contributed by atoms with Crippen LogP contribution in [0, 0.1) is 0 Å². The van der Waals surface area contributed by atoms with E-state index in [0.29, 0.717) is 39.8 Å². The molecule has 0 spiro atoms. The van der Waals surface area contributed by atoms with Gasteiger partial charge in [0.25, 0.3) is 11.1 Å². The maximum atomic E-state index is 13.8. The molecule has 7 aromatic rings. The number of hydrogen-bond acceptors (Lipinski definition) is 7. The number of carbonyl (C=O) groups is 1.